The van der Waals surface area contributed by atoms with Crippen molar-refractivity contribution in [1.29, 1.82) is 0 Å². The zero-order valence-electron chi connectivity index (χ0n) is 13.4. The van der Waals surface area contributed by atoms with E-state index in [1.54, 1.807) is 4.31 Å². The first-order valence-electron chi connectivity index (χ1n) is 8.09. The summed E-state index contributed by atoms with van der Waals surface area (Å²) in [5, 5.41) is 1.25. The van der Waals surface area contributed by atoms with Crippen LogP contribution < -0.4 is 0 Å². The number of sulfonamides is 1. The fourth-order valence-corrected chi connectivity index (χ4v) is 4.89. The van der Waals surface area contributed by atoms with E-state index < -0.39 is 10.0 Å². The fourth-order valence-electron chi connectivity index (χ4n) is 3.24. The van der Waals surface area contributed by atoms with Crippen LogP contribution in [-0.4, -0.2) is 36.5 Å². The van der Waals surface area contributed by atoms with Crippen LogP contribution in [0.5, 0.6) is 0 Å². The molecule has 4 nitrogen and oxygen atoms in total. The smallest absolute Gasteiger partial charge is 0.214 e. The molecule has 3 rings (SSSR count). The van der Waals surface area contributed by atoms with Gasteiger partial charge in [-0.25, -0.2) is 12.7 Å². The lowest BCUT2D eigenvalue weighted by molar-refractivity contribution is 0.425. The molecule has 0 bridgehead atoms. The van der Waals surface area contributed by atoms with Gasteiger partial charge >= 0.3 is 0 Å². The largest absolute Gasteiger partial charge is 0.358 e. The molecule has 0 amide bonds. The SMILES string of the molecule is CCCCS(=O)(=O)N1CCc2[nH]c3ccc(C)cc3c2CC1. The van der Waals surface area contributed by atoms with E-state index >= 15 is 0 Å². The van der Waals surface area contributed by atoms with Gasteiger partial charge in [-0.05, 0) is 37.5 Å². The Morgan fingerprint density at radius 2 is 2.00 bits per heavy atom. The molecule has 0 radical (unpaired) electrons. The van der Waals surface area contributed by atoms with Gasteiger partial charge in [-0.15, -0.1) is 0 Å². The summed E-state index contributed by atoms with van der Waals surface area (Å²) in [6.07, 6.45) is 3.22. The minimum absolute atomic E-state index is 0.275. The van der Waals surface area contributed by atoms with Gasteiger partial charge in [-0.1, -0.05) is 25.0 Å². The first kappa shape index (κ1) is 15.6. The number of aryl methyl sites for hydroxylation is 1. The van der Waals surface area contributed by atoms with Crippen LogP contribution in [0.4, 0.5) is 0 Å². The summed E-state index contributed by atoms with van der Waals surface area (Å²) in [5.74, 6) is 0.275. The average molecular weight is 320 g/mol. The molecule has 0 aliphatic carbocycles. The Balaban J connectivity index is 1.86. The third-order valence-electron chi connectivity index (χ3n) is 4.52. The van der Waals surface area contributed by atoms with Crippen molar-refractivity contribution in [3.8, 4) is 0 Å². The minimum atomic E-state index is -3.11. The molecule has 2 aromatic rings. The Kier molecular flexibility index (Phi) is 4.28. The Bertz CT molecular complexity index is 777. The number of aromatic amines is 1. The van der Waals surface area contributed by atoms with Gasteiger partial charge in [0.05, 0.1) is 5.75 Å². The van der Waals surface area contributed by atoms with Crippen LogP contribution in [0.25, 0.3) is 10.9 Å². The maximum Gasteiger partial charge on any atom is 0.214 e. The third-order valence-corrected chi connectivity index (χ3v) is 6.48. The zero-order chi connectivity index (χ0) is 15.7. The van der Waals surface area contributed by atoms with Crippen molar-refractivity contribution in [2.75, 3.05) is 18.8 Å². The summed E-state index contributed by atoms with van der Waals surface area (Å²) >= 11 is 0. The highest BCUT2D eigenvalue weighted by Gasteiger charge is 2.25. The van der Waals surface area contributed by atoms with Gasteiger partial charge in [0, 0.05) is 36.1 Å². The van der Waals surface area contributed by atoms with Gasteiger partial charge < -0.3 is 4.98 Å². The van der Waals surface area contributed by atoms with E-state index in [4.69, 9.17) is 0 Å². The monoisotopic (exact) mass is 320 g/mol. The van der Waals surface area contributed by atoms with Crippen LogP contribution in [0.1, 0.15) is 36.6 Å². The van der Waals surface area contributed by atoms with Gasteiger partial charge in [-0.2, -0.15) is 0 Å². The standard InChI is InChI=1S/C17H24N2O2S/c1-3-4-11-22(20,21)19-9-7-14-15-12-13(2)5-6-16(15)18-17(14)8-10-19/h5-6,12,18H,3-4,7-11H2,1-2H3. The topological polar surface area (TPSA) is 53.2 Å². The molecule has 1 aliphatic rings. The van der Waals surface area contributed by atoms with Gasteiger partial charge in [0.25, 0.3) is 0 Å². The highest BCUT2D eigenvalue weighted by Crippen LogP contribution is 2.27. The first-order chi connectivity index (χ1) is 10.5. The minimum Gasteiger partial charge on any atom is -0.358 e. The number of hydrogen-bond acceptors (Lipinski definition) is 2. The molecule has 0 saturated carbocycles. The van der Waals surface area contributed by atoms with E-state index in [1.807, 2.05) is 6.92 Å². The number of hydrogen-bond donors (Lipinski definition) is 1. The van der Waals surface area contributed by atoms with Crippen LogP contribution in [0, 0.1) is 6.92 Å². The van der Waals surface area contributed by atoms with Gasteiger partial charge in [-0.3, -0.25) is 0 Å². The van der Waals surface area contributed by atoms with Crippen molar-refractivity contribution >= 4 is 20.9 Å². The predicted octanol–water partition coefficient (Wildman–Crippen LogP) is 3.01. The van der Waals surface area contributed by atoms with E-state index in [2.05, 4.69) is 30.1 Å². The van der Waals surface area contributed by atoms with E-state index in [-0.39, 0.29) is 5.75 Å². The van der Waals surface area contributed by atoms with Crippen molar-refractivity contribution in [1.82, 2.24) is 9.29 Å². The lowest BCUT2D eigenvalue weighted by Crippen LogP contribution is -2.35. The van der Waals surface area contributed by atoms with Crippen molar-refractivity contribution in [3.63, 3.8) is 0 Å². The lowest BCUT2D eigenvalue weighted by atomic mass is 10.1. The van der Waals surface area contributed by atoms with Crippen molar-refractivity contribution < 1.29 is 8.42 Å². The molecule has 0 fully saturated rings. The molecule has 0 unspecified atom stereocenters. The number of benzene rings is 1. The molecule has 5 heteroatoms. The second-order valence-electron chi connectivity index (χ2n) is 6.20. The summed E-state index contributed by atoms with van der Waals surface area (Å²) in [7, 11) is -3.11. The molecule has 1 N–H and O–H groups in total. The number of H-pyrrole nitrogens is 1. The van der Waals surface area contributed by atoms with Crippen LogP contribution in [-0.2, 0) is 22.9 Å². The summed E-state index contributed by atoms with van der Waals surface area (Å²) in [6, 6.07) is 6.43. The second kappa shape index (κ2) is 6.05. The molecular formula is C17H24N2O2S. The zero-order valence-corrected chi connectivity index (χ0v) is 14.2. The van der Waals surface area contributed by atoms with E-state index in [0.29, 0.717) is 13.1 Å². The maximum absolute atomic E-state index is 12.4. The number of aromatic nitrogens is 1. The van der Waals surface area contributed by atoms with Gasteiger partial charge in [0.15, 0.2) is 0 Å². The van der Waals surface area contributed by atoms with Crippen molar-refractivity contribution in [2.24, 2.45) is 0 Å². The van der Waals surface area contributed by atoms with Crippen LogP contribution in [0.2, 0.25) is 0 Å². The average Bonchev–Trinajstić information content (AvgIpc) is 2.68. The van der Waals surface area contributed by atoms with E-state index in [1.165, 1.54) is 22.2 Å². The highest BCUT2D eigenvalue weighted by molar-refractivity contribution is 7.89. The molecule has 120 valence electrons. The number of unbranched alkanes of at least 4 members (excludes halogenated alkanes) is 1. The fraction of sp³-hybridized carbons (Fsp3) is 0.529. The van der Waals surface area contributed by atoms with Crippen LogP contribution >= 0.6 is 0 Å². The molecule has 22 heavy (non-hydrogen) atoms. The Morgan fingerprint density at radius 3 is 2.77 bits per heavy atom. The molecule has 0 atom stereocenters. The first-order valence-corrected chi connectivity index (χ1v) is 9.70. The van der Waals surface area contributed by atoms with E-state index in [0.717, 1.165) is 31.2 Å². The van der Waals surface area contributed by atoms with Gasteiger partial charge in [0.1, 0.15) is 0 Å². The van der Waals surface area contributed by atoms with E-state index in [9.17, 15) is 8.42 Å². The molecule has 0 spiro atoms. The van der Waals surface area contributed by atoms with Crippen LogP contribution in [0.15, 0.2) is 18.2 Å². The van der Waals surface area contributed by atoms with Gasteiger partial charge in [0.2, 0.25) is 10.0 Å². The maximum atomic E-state index is 12.4. The number of nitrogens with zero attached hydrogens (tertiary/aromatic N) is 1. The molecule has 1 aromatic carbocycles. The Labute approximate surface area is 132 Å². The normalized spacial score (nSPS) is 16.6. The Hall–Kier alpha value is -1.33. The molecule has 0 saturated heterocycles. The summed E-state index contributed by atoms with van der Waals surface area (Å²) in [4.78, 5) is 3.48. The van der Waals surface area contributed by atoms with Crippen molar-refractivity contribution in [2.45, 2.75) is 39.5 Å². The number of rotatable bonds is 4. The molecular weight excluding hydrogens is 296 g/mol. The number of nitrogens with one attached hydrogen (secondary N) is 1. The predicted molar refractivity (Wildman–Crippen MR) is 90.7 cm³/mol. The molecule has 1 aromatic heterocycles. The summed E-state index contributed by atoms with van der Waals surface area (Å²) in [5.41, 5.74) is 4.91. The summed E-state index contributed by atoms with van der Waals surface area (Å²) in [6.45, 7) is 5.30. The van der Waals surface area contributed by atoms with Crippen molar-refractivity contribution in [3.05, 3.63) is 35.0 Å². The summed E-state index contributed by atoms with van der Waals surface area (Å²) < 4.78 is 26.5. The molecule has 1 aliphatic heterocycles. The third kappa shape index (κ3) is 2.92. The highest BCUT2D eigenvalue weighted by atomic mass is 32.2. The Morgan fingerprint density at radius 1 is 1.23 bits per heavy atom. The number of fused-ring (bicyclic) bond motifs is 3. The lowest BCUT2D eigenvalue weighted by Gasteiger charge is -2.19. The molecule has 2 heterocycles. The second-order valence-corrected chi connectivity index (χ2v) is 8.29. The quantitative estimate of drug-likeness (QED) is 0.941. The van der Waals surface area contributed by atoms with Crippen LogP contribution in [0.3, 0.4) is 0 Å².